The average molecular weight is 411 g/mol. The van der Waals surface area contributed by atoms with Crippen LogP contribution in [0, 0.1) is 11.7 Å². The van der Waals surface area contributed by atoms with Crippen LogP contribution in [0.1, 0.15) is 63.1 Å². The smallest absolute Gasteiger partial charge is 0.225 e. The molecule has 160 valence electrons. The number of hydrogen-bond acceptors (Lipinski definition) is 4. The number of aromatic nitrogens is 2. The van der Waals surface area contributed by atoms with Crippen molar-refractivity contribution >= 4 is 11.9 Å². The third-order valence-corrected chi connectivity index (χ3v) is 6.44. The molecule has 1 atom stereocenters. The van der Waals surface area contributed by atoms with Crippen molar-refractivity contribution in [3.05, 3.63) is 42.0 Å². The van der Waals surface area contributed by atoms with Gasteiger partial charge < -0.3 is 9.80 Å². The van der Waals surface area contributed by atoms with Crippen molar-refractivity contribution in [1.29, 1.82) is 0 Å². The molecule has 1 saturated carbocycles. The number of rotatable bonds is 5. The van der Waals surface area contributed by atoms with E-state index in [0.717, 1.165) is 42.6 Å². The van der Waals surface area contributed by atoms with Gasteiger partial charge in [0.05, 0.1) is 11.7 Å². The lowest BCUT2D eigenvalue weighted by Gasteiger charge is -2.37. The Morgan fingerprint density at radius 3 is 2.50 bits per heavy atom. The van der Waals surface area contributed by atoms with Crippen molar-refractivity contribution in [3.8, 4) is 11.1 Å². The fraction of sp³-hybridized carbons (Fsp3) is 0.542. The molecule has 1 aliphatic carbocycles. The summed E-state index contributed by atoms with van der Waals surface area (Å²) in [6, 6.07) is 6.39. The SMILES string of the molecule is CN(C)c1ncc(-c2ccc(F)cc2)c([C@H]2CCCCN2C(=O)CC2CCCC2)n1. The van der Waals surface area contributed by atoms with E-state index in [-0.39, 0.29) is 17.8 Å². The minimum atomic E-state index is -0.267. The summed E-state index contributed by atoms with van der Waals surface area (Å²) in [5.41, 5.74) is 2.64. The molecule has 2 aliphatic rings. The number of carbonyl (C=O) groups is 1. The molecule has 0 N–H and O–H groups in total. The average Bonchev–Trinajstić information content (AvgIpc) is 3.27. The van der Waals surface area contributed by atoms with Gasteiger partial charge in [-0.25, -0.2) is 14.4 Å². The lowest BCUT2D eigenvalue weighted by Crippen LogP contribution is -2.40. The van der Waals surface area contributed by atoms with E-state index < -0.39 is 0 Å². The van der Waals surface area contributed by atoms with Crippen LogP contribution in [-0.4, -0.2) is 41.4 Å². The van der Waals surface area contributed by atoms with Gasteiger partial charge in [-0.2, -0.15) is 0 Å². The van der Waals surface area contributed by atoms with E-state index in [1.54, 1.807) is 12.1 Å². The summed E-state index contributed by atoms with van der Waals surface area (Å²) >= 11 is 0. The highest BCUT2D eigenvalue weighted by atomic mass is 19.1. The minimum Gasteiger partial charge on any atom is -0.347 e. The predicted molar refractivity (Wildman–Crippen MR) is 117 cm³/mol. The third-order valence-electron chi connectivity index (χ3n) is 6.44. The Morgan fingerprint density at radius 1 is 1.10 bits per heavy atom. The number of anilines is 1. The second-order valence-electron chi connectivity index (χ2n) is 8.82. The molecule has 2 aromatic rings. The van der Waals surface area contributed by atoms with E-state index in [4.69, 9.17) is 4.98 Å². The Balaban J connectivity index is 1.70. The lowest BCUT2D eigenvalue weighted by molar-refractivity contribution is -0.136. The lowest BCUT2D eigenvalue weighted by atomic mass is 9.92. The van der Waals surface area contributed by atoms with Gasteiger partial charge in [0.1, 0.15) is 5.82 Å². The van der Waals surface area contributed by atoms with Crippen LogP contribution >= 0.6 is 0 Å². The van der Waals surface area contributed by atoms with Crippen molar-refractivity contribution in [1.82, 2.24) is 14.9 Å². The maximum atomic E-state index is 13.5. The normalized spacial score (nSPS) is 19.8. The fourth-order valence-electron chi connectivity index (χ4n) is 4.80. The van der Waals surface area contributed by atoms with Gasteiger partial charge in [-0.05, 0) is 55.7 Å². The molecule has 0 bridgehead atoms. The summed E-state index contributed by atoms with van der Waals surface area (Å²) in [5.74, 6) is 1.14. The molecule has 30 heavy (non-hydrogen) atoms. The van der Waals surface area contributed by atoms with Gasteiger partial charge >= 0.3 is 0 Å². The van der Waals surface area contributed by atoms with Crippen molar-refractivity contribution < 1.29 is 9.18 Å². The molecular weight excluding hydrogens is 379 g/mol. The van der Waals surface area contributed by atoms with Gasteiger partial charge in [0.2, 0.25) is 11.9 Å². The fourth-order valence-corrected chi connectivity index (χ4v) is 4.80. The largest absolute Gasteiger partial charge is 0.347 e. The highest BCUT2D eigenvalue weighted by Gasteiger charge is 2.33. The van der Waals surface area contributed by atoms with E-state index in [9.17, 15) is 9.18 Å². The van der Waals surface area contributed by atoms with Crippen LogP contribution in [0.5, 0.6) is 0 Å². The molecule has 1 aromatic heterocycles. The molecule has 1 saturated heterocycles. The summed E-state index contributed by atoms with van der Waals surface area (Å²) in [7, 11) is 3.83. The molecule has 0 radical (unpaired) electrons. The van der Waals surface area contributed by atoms with Gasteiger partial charge in [0, 0.05) is 38.8 Å². The highest BCUT2D eigenvalue weighted by molar-refractivity contribution is 5.78. The van der Waals surface area contributed by atoms with Gasteiger partial charge in [0.15, 0.2) is 0 Å². The standard InChI is InChI=1S/C24H31FN4O/c1-28(2)24-26-16-20(18-10-12-19(25)13-11-18)23(27-24)21-9-5-6-14-29(21)22(30)15-17-7-3-4-8-17/h10-13,16-17,21H,3-9,14-15H2,1-2H3/t21-/m1/s1. The second-order valence-corrected chi connectivity index (χ2v) is 8.82. The second kappa shape index (κ2) is 9.11. The topological polar surface area (TPSA) is 49.3 Å². The molecule has 1 amide bonds. The number of hydrogen-bond donors (Lipinski definition) is 0. The summed E-state index contributed by atoms with van der Waals surface area (Å²) in [5, 5.41) is 0. The zero-order valence-electron chi connectivity index (χ0n) is 18.0. The van der Waals surface area contributed by atoms with Crippen molar-refractivity contribution in [2.45, 2.75) is 57.4 Å². The van der Waals surface area contributed by atoms with Crippen molar-refractivity contribution in [2.24, 2.45) is 5.92 Å². The number of piperidine rings is 1. The summed E-state index contributed by atoms with van der Waals surface area (Å²) in [4.78, 5) is 26.6. The van der Waals surface area contributed by atoms with Crippen molar-refractivity contribution in [3.63, 3.8) is 0 Å². The number of amides is 1. The van der Waals surface area contributed by atoms with Gasteiger partial charge in [-0.3, -0.25) is 4.79 Å². The van der Waals surface area contributed by atoms with Gasteiger partial charge in [-0.1, -0.05) is 25.0 Å². The highest BCUT2D eigenvalue weighted by Crippen LogP contribution is 2.38. The van der Waals surface area contributed by atoms with Crippen LogP contribution in [0.4, 0.5) is 10.3 Å². The maximum Gasteiger partial charge on any atom is 0.225 e. The first kappa shape index (κ1) is 20.8. The van der Waals surface area contributed by atoms with E-state index in [0.29, 0.717) is 18.3 Å². The molecule has 5 nitrogen and oxygen atoms in total. The Hall–Kier alpha value is -2.50. The number of carbonyl (C=O) groups excluding carboxylic acids is 1. The molecule has 0 unspecified atom stereocenters. The van der Waals surface area contributed by atoms with Gasteiger partial charge in [0.25, 0.3) is 0 Å². The zero-order chi connectivity index (χ0) is 21.1. The molecular formula is C24H31FN4O. The molecule has 4 rings (SSSR count). The number of likely N-dealkylation sites (tertiary alicyclic amines) is 1. The Morgan fingerprint density at radius 2 is 1.80 bits per heavy atom. The maximum absolute atomic E-state index is 13.5. The molecule has 6 heteroatoms. The summed E-state index contributed by atoms with van der Waals surface area (Å²) in [6.07, 6.45) is 10.3. The number of nitrogens with zero attached hydrogens (tertiary/aromatic N) is 4. The third kappa shape index (κ3) is 4.47. The minimum absolute atomic E-state index is 0.0607. The van der Waals surface area contributed by atoms with Crippen LogP contribution in [0.15, 0.2) is 30.5 Å². The first-order valence-corrected chi connectivity index (χ1v) is 11.1. The number of halogens is 1. The Bertz CT molecular complexity index is 877. The van der Waals surface area contributed by atoms with Crippen LogP contribution in [0.3, 0.4) is 0 Å². The molecule has 1 aliphatic heterocycles. The number of benzene rings is 1. The van der Waals surface area contributed by atoms with E-state index in [1.807, 2.05) is 25.2 Å². The van der Waals surface area contributed by atoms with E-state index in [1.165, 1.54) is 37.8 Å². The van der Waals surface area contributed by atoms with E-state index >= 15 is 0 Å². The first-order chi connectivity index (χ1) is 14.5. The molecule has 2 fully saturated rings. The summed E-state index contributed by atoms with van der Waals surface area (Å²) in [6.45, 7) is 0.778. The molecule has 0 spiro atoms. The summed E-state index contributed by atoms with van der Waals surface area (Å²) < 4.78 is 13.5. The van der Waals surface area contributed by atoms with Crippen LogP contribution in [0.2, 0.25) is 0 Å². The monoisotopic (exact) mass is 410 g/mol. The van der Waals surface area contributed by atoms with Crippen molar-refractivity contribution in [2.75, 3.05) is 25.5 Å². The molecule has 1 aromatic carbocycles. The predicted octanol–water partition coefficient (Wildman–Crippen LogP) is 4.98. The van der Waals surface area contributed by atoms with Gasteiger partial charge in [-0.15, -0.1) is 0 Å². The zero-order valence-corrected chi connectivity index (χ0v) is 18.0. The van der Waals surface area contributed by atoms with E-state index in [2.05, 4.69) is 9.88 Å². The van der Waals surface area contributed by atoms with Crippen LogP contribution in [-0.2, 0) is 4.79 Å². The van der Waals surface area contributed by atoms with Crippen LogP contribution < -0.4 is 4.90 Å². The Kier molecular flexibility index (Phi) is 6.30. The first-order valence-electron chi connectivity index (χ1n) is 11.1. The Labute approximate surface area is 178 Å². The van der Waals surface area contributed by atoms with Crippen LogP contribution in [0.25, 0.3) is 11.1 Å². The molecule has 2 heterocycles. The quantitative estimate of drug-likeness (QED) is 0.697.